The molecule has 2 aromatic rings. The van der Waals surface area contributed by atoms with E-state index in [9.17, 15) is 13.2 Å². The van der Waals surface area contributed by atoms with E-state index in [0.29, 0.717) is 17.8 Å². The zero-order valence-corrected chi connectivity index (χ0v) is 13.8. The number of aryl methyl sites for hydroxylation is 2. The number of sulfone groups is 1. The van der Waals surface area contributed by atoms with Gasteiger partial charge in [-0.25, -0.2) is 18.1 Å². The van der Waals surface area contributed by atoms with Gasteiger partial charge in [-0.2, -0.15) is 5.10 Å². The Morgan fingerprint density at radius 3 is 2.65 bits per heavy atom. The fraction of sp³-hybridized carbons (Fsp3) is 0.400. The van der Waals surface area contributed by atoms with Crippen LogP contribution in [-0.4, -0.2) is 46.6 Å². The van der Waals surface area contributed by atoms with E-state index in [-0.39, 0.29) is 23.5 Å². The lowest BCUT2D eigenvalue weighted by Crippen LogP contribution is -2.35. The number of pyridine rings is 1. The van der Waals surface area contributed by atoms with Crippen molar-refractivity contribution in [3.63, 3.8) is 0 Å². The van der Waals surface area contributed by atoms with Crippen LogP contribution in [0.2, 0.25) is 0 Å². The number of carbonyl (C=O) groups excluding carboxylic acids is 1. The molecule has 0 radical (unpaired) electrons. The van der Waals surface area contributed by atoms with E-state index in [0.717, 1.165) is 11.4 Å². The predicted octanol–water partition coefficient (Wildman–Crippen LogP) is 0.801. The number of hydrogen-bond acceptors (Lipinski definition) is 5. The predicted molar refractivity (Wildman–Crippen MR) is 85.4 cm³/mol. The highest BCUT2D eigenvalue weighted by molar-refractivity contribution is 7.91. The molecule has 7 nitrogen and oxygen atoms in total. The Hall–Kier alpha value is -2.22. The average Bonchev–Trinajstić information content (AvgIpc) is 3.00. The van der Waals surface area contributed by atoms with E-state index < -0.39 is 9.84 Å². The van der Waals surface area contributed by atoms with Crippen LogP contribution >= 0.6 is 0 Å². The second-order valence-electron chi connectivity index (χ2n) is 5.82. The molecule has 3 rings (SSSR count). The Balaban J connectivity index is 1.72. The van der Waals surface area contributed by atoms with Gasteiger partial charge >= 0.3 is 0 Å². The summed E-state index contributed by atoms with van der Waals surface area (Å²) in [7, 11) is -3.01. The zero-order valence-electron chi connectivity index (χ0n) is 13.0. The Kier molecular flexibility index (Phi) is 3.93. The summed E-state index contributed by atoms with van der Waals surface area (Å²) in [4.78, 5) is 16.4. The lowest BCUT2D eigenvalue weighted by Gasteiger charge is -2.11. The fourth-order valence-electron chi connectivity index (χ4n) is 2.68. The van der Waals surface area contributed by atoms with Crippen LogP contribution in [0.3, 0.4) is 0 Å². The monoisotopic (exact) mass is 334 g/mol. The summed E-state index contributed by atoms with van der Waals surface area (Å²) in [5, 5.41) is 7.09. The van der Waals surface area contributed by atoms with Gasteiger partial charge in [-0.3, -0.25) is 4.79 Å². The molecule has 0 saturated carbocycles. The summed E-state index contributed by atoms with van der Waals surface area (Å²) in [6.45, 7) is 3.84. The molecule has 1 amide bonds. The first-order valence-corrected chi connectivity index (χ1v) is 9.17. The maximum absolute atomic E-state index is 12.2. The van der Waals surface area contributed by atoms with E-state index in [1.165, 1.54) is 6.20 Å². The maximum Gasteiger partial charge on any atom is 0.253 e. The molecule has 8 heteroatoms. The molecule has 0 unspecified atom stereocenters. The van der Waals surface area contributed by atoms with Gasteiger partial charge in [0.2, 0.25) is 0 Å². The van der Waals surface area contributed by atoms with Gasteiger partial charge < -0.3 is 5.32 Å². The van der Waals surface area contributed by atoms with Crippen molar-refractivity contribution < 1.29 is 13.2 Å². The Morgan fingerprint density at radius 1 is 1.35 bits per heavy atom. The highest BCUT2D eigenvalue weighted by Crippen LogP contribution is 2.13. The van der Waals surface area contributed by atoms with Crippen LogP contribution in [0.15, 0.2) is 24.4 Å². The zero-order chi connectivity index (χ0) is 16.6. The van der Waals surface area contributed by atoms with E-state index in [2.05, 4.69) is 15.4 Å². The highest BCUT2D eigenvalue weighted by atomic mass is 32.2. The Labute approximate surface area is 134 Å². The third-order valence-corrected chi connectivity index (χ3v) is 5.57. The van der Waals surface area contributed by atoms with E-state index in [4.69, 9.17) is 0 Å². The molecule has 3 heterocycles. The van der Waals surface area contributed by atoms with Gasteiger partial charge in [0.1, 0.15) is 0 Å². The largest absolute Gasteiger partial charge is 0.348 e. The van der Waals surface area contributed by atoms with Crippen molar-refractivity contribution in [3.05, 3.63) is 41.3 Å². The van der Waals surface area contributed by atoms with Crippen molar-refractivity contribution >= 4 is 15.7 Å². The summed E-state index contributed by atoms with van der Waals surface area (Å²) in [6.07, 6.45) is 1.94. The summed E-state index contributed by atoms with van der Waals surface area (Å²) in [6, 6.07) is 5.02. The number of amides is 1. The van der Waals surface area contributed by atoms with Gasteiger partial charge in [-0.1, -0.05) is 0 Å². The smallest absolute Gasteiger partial charge is 0.253 e. The highest BCUT2D eigenvalue weighted by Gasteiger charge is 2.29. The topological polar surface area (TPSA) is 94.0 Å². The van der Waals surface area contributed by atoms with Crippen molar-refractivity contribution in [2.45, 2.75) is 26.3 Å². The lowest BCUT2D eigenvalue weighted by molar-refractivity contribution is 0.0941. The van der Waals surface area contributed by atoms with Gasteiger partial charge in [0.25, 0.3) is 5.91 Å². The molecular weight excluding hydrogens is 316 g/mol. The molecule has 122 valence electrons. The van der Waals surface area contributed by atoms with Crippen LogP contribution in [0.4, 0.5) is 0 Å². The lowest BCUT2D eigenvalue weighted by atomic mass is 10.2. The second-order valence-corrected chi connectivity index (χ2v) is 8.05. The number of carbonyl (C=O) groups is 1. The standard InChI is InChI=1S/C15H18N4O3S/c1-10-7-11(2)19(18-10)14-4-3-12(8-16-14)15(20)17-13-5-6-23(21,22)9-13/h3-4,7-8,13H,5-6,9H2,1-2H3,(H,17,20)/t13-/m0/s1. The first kappa shape index (κ1) is 15.7. The molecule has 0 aromatic carbocycles. The maximum atomic E-state index is 12.2. The Bertz CT molecular complexity index is 840. The molecule has 1 fully saturated rings. The number of nitrogens with one attached hydrogen (secondary N) is 1. The first-order valence-electron chi connectivity index (χ1n) is 7.35. The molecular formula is C15H18N4O3S. The quantitative estimate of drug-likeness (QED) is 0.896. The van der Waals surface area contributed by atoms with Crippen molar-refractivity contribution in [2.24, 2.45) is 0 Å². The minimum Gasteiger partial charge on any atom is -0.348 e. The van der Waals surface area contributed by atoms with E-state index in [1.807, 2.05) is 19.9 Å². The molecule has 1 saturated heterocycles. The second kappa shape index (κ2) is 5.77. The third kappa shape index (κ3) is 3.42. The SMILES string of the molecule is Cc1cc(C)n(-c2ccc(C(=O)N[C@H]3CCS(=O)(=O)C3)cn2)n1. The molecule has 1 N–H and O–H groups in total. The van der Waals surface area contributed by atoms with Gasteiger partial charge in [0.15, 0.2) is 15.7 Å². The van der Waals surface area contributed by atoms with Crippen LogP contribution in [0.25, 0.3) is 5.82 Å². The summed E-state index contributed by atoms with van der Waals surface area (Å²) < 4.78 is 24.6. The van der Waals surface area contributed by atoms with Crippen molar-refractivity contribution in [3.8, 4) is 5.82 Å². The van der Waals surface area contributed by atoms with E-state index in [1.54, 1.807) is 16.8 Å². The summed E-state index contributed by atoms with van der Waals surface area (Å²) in [5.74, 6) is 0.471. The van der Waals surface area contributed by atoms with Gasteiger partial charge in [0.05, 0.1) is 22.8 Å². The minimum atomic E-state index is -3.01. The first-order chi connectivity index (χ1) is 10.8. The van der Waals surface area contributed by atoms with Crippen LogP contribution in [0.1, 0.15) is 28.2 Å². The van der Waals surface area contributed by atoms with Crippen molar-refractivity contribution in [2.75, 3.05) is 11.5 Å². The number of hydrogen-bond donors (Lipinski definition) is 1. The fourth-order valence-corrected chi connectivity index (χ4v) is 4.36. The Morgan fingerprint density at radius 2 is 2.13 bits per heavy atom. The number of aromatic nitrogens is 3. The minimum absolute atomic E-state index is 0.00993. The average molecular weight is 334 g/mol. The molecule has 0 aliphatic carbocycles. The normalized spacial score (nSPS) is 19.7. The number of rotatable bonds is 3. The molecule has 1 aliphatic rings. The van der Waals surface area contributed by atoms with Gasteiger partial charge in [0, 0.05) is 17.9 Å². The molecule has 1 aliphatic heterocycles. The number of nitrogens with zero attached hydrogens (tertiary/aromatic N) is 3. The van der Waals surface area contributed by atoms with Gasteiger partial charge in [-0.05, 0) is 38.5 Å². The molecule has 23 heavy (non-hydrogen) atoms. The van der Waals surface area contributed by atoms with Crippen LogP contribution in [-0.2, 0) is 9.84 Å². The van der Waals surface area contributed by atoms with Crippen molar-refractivity contribution in [1.29, 1.82) is 0 Å². The van der Waals surface area contributed by atoms with Crippen molar-refractivity contribution in [1.82, 2.24) is 20.1 Å². The molecule has 0 bridgehead atoms. The summed E-state index contributed by atoms with van der Waals surface area (Å²) >= 11 is 0. The van der Waals surface area contributed by atoms with Crippen LogP contribution in [0, 0.1) is 13.8 Å². The summed E-state index contributed by atoms with van der Waals surface area (Å²) in [5.41, 5.74) is 2.26. The molecule has 2 aromatic heterocycles. The molecule has 0 spiro atoms. The molecule has 1 atom stereocenters. The van der Waals surface area contributed by atoms with Crippen LogP contribution in [0.5, 0.6) is 0 Å². The van der Waals surface area contributed by atoms with E-state index >= 15 is 0 Å². The third-order valence-electron chi connectivity index (χ3n) is 3.80. The van der Waals surface area contributed by atoms with Crippen LogP contribution < -0.4 is 5.32 Å². The van der Waals surface area contributed by atoms with Gasteiger partial charge in [-0.15, -0.1) is 0 Å².